The van der Waals surface area contributed by atoms with Crippen LogP contribution in [0.1, 0.15) is 254 Å². The number of thiocarbonyl (C=S) groups is 4. The summed E-state index contributed by atoms with van der Waals surface area (Å²) in [6.45, 7) is 17.9. The van der Waals surface area contributed by atoms with Crippen LogP contribution in [0.5, 0.6) is 0 Å². The first kappa shape index (κ1) is 92.3. The van der Waals surface area contributed by atoms with Crippen LogP contribution in [0.3, 0.4) is 0 Å². The van der Waals surface area contributed by atoms with E-state index in [1.165, 1.54) is 199 Å². The Morgan fingerprint density at radius 2 is 0.305 bits per heavy atom. The predicted molar refractivity (Wildman–Crippen MR) is 486 cm³/mol. The van der Waals surface area contributed by atoms with Crippen LogP contribution in [0, 0.1) is 0 Å². The van der Waals surface area contributed by atoms with E-state index in [-0.39, 0.29) is 21.1 Å². The normalized spacial score (nSPS) is 10.6. The third-order valence-electron chi connectivity index (χ3n) is 19.0. The molecular formula is C92H120MoN4S8. The maximum Gasteiger partial charge on any atom is 4.00 e. The summed E-state index contributed by atoms with van der Waals surface area (Å²) >= 11 is 44.1. The van der Waals surface area contributed by atoms with Gasteiger partial charge in [-0.15, -0.1) is 0 Å². The molecule has 0 saturated carbocycles. The van der Waals surface area contributed by atoms with Gasteiger partial charge in [0.05, 0.1) is 0 Å². The maximum absolute atomic E-state index is 5.51. The Kier molecular flexibility index (Phi) is 48.6. The Hall–Kier alpha value is -5.11. The molecule has 8 rings (SSSR count). The van der Waals surface area contributed by atoms with Gasteiger partial charge in [0.1, 0.15) is 0 Å². The monoisotopic (exact) mass is 1630 g/mol. The Bertz CT molecular complexity index is 3060. The van der Waals surface area contributed by atoms with E-state index in [9.17, 15) is 0 Å². The molecule has 0 N–H and O–H groups in total. The van der Waals surface area contributed by atoms with E-state index in [0.717, 1.165) is 96.9 Å². The van der Waals surface area contributed by atoms with Crippen molar-refractivity contribution in [3.63, 3.8) is 0 Å². The molecule has 0 heterocycles. The molecule has 0 aliphatic carbocycles. The van der Waals surface area contributed by atoms with E-state index in [4.69, 9.17) is 99.4 Å². The Morgan fingerprint density at radius 3 is 0.400 bits per heavy atom. The van der Waals surface area contributed by atoms with Crippen molar-refractivity contribution in [1.29, 1.82) is 0 Å². The number of benzene rings is 8. The number of aryl methyl sites for hydroxylation is 8. The molecule has 4 nitrogen and oxygen atoms in total. The zero-order valence-electron chi connectivity index (χ0n) is 64.6. The van der Waals surface area contributed by atoms with E-state index >= 15 is 0 Å². The van der Waals surface area contributed by atoms with Gasteiger partial charge in [-0.25, -0.2) is 0 Å². The summed E-state index contributed by atoms with van der Waals surface area (Å²) in [5, 5.41) is 0. The minimum absolute atomic E-state index is 0. The number of anilines is 8. The van der Waals surface area contributed by atoms with Crippen LogP contribution in [0.25, 0.3) is 0 Å². The topological polar surface area (TPSA) is 13.0 Å². The summed E-state index contributed by atoms with van der Waals surface area (Å²) in [7, 11) is 0. The van der Waals surface area contributed by atoms with Gasteiger partial charge in [0.15, 0.2) is 0 Å². The molecule has 0 spiro atoms. The van der Waals surface area contributed by atoms with Gasteiger partial charge in [0, 0.05) is 45.5 Å². The number of hydrogen-bond donors (Lipinski definition) is 0. The van der Waals surface area contributed by atoms with Crippen molar-refractivity contribution in [2.75, 3.05) is 19.6 Å². The fourth-order valence-electron chi connectivity index (χ4n) is 13.4. The predicted octanol–water partition coefficient (Wildman–Crippen LogP) is 28.5. The minimum Gasteiger partial charge on any atom is -0.411 e. The van der Waals surface area contributed by atoms with Gasteiger partial charge in [-0.3, -0.25) is 0 Å². The molecule has 0 aromatic heterocycles. The van der Waals surface area contributed by atoms with Gasteiger partial charge in [0.25, 0.3) is 0 Å². The van der Waals surface area contributed by atoms with Crippen molar-refractivity contribution in [2.45, 2.75) is 261 Å². The summed E-state index contributed by atoms with van der Waals surface area (Å²) < 4.78 is 1.98. The molecule has 0 radical (unpaired) electrons. The molecule has 0 unspecified atom stereocenters. The fraction of sp³-hybridized carbons (Fsp3) is 0.435. The second-order valence-corrected chi connectivity index (χ2v) is 31.2. The Morgan fingerprint density at radius 1 is 0.200 bits per heavy atom. The first-order chi connectivity index (χ1) is 50.7. The average Bonchev–Trinajstić information content (AvgIpc) is 0.826. The van der Waals surface area contributed by atoms with Gasteiger partial charge < -0.3 is 119 Å². The molecule has 562 valence electrons. The van der Waals surface area contributed by atoms with Crippen LogP contribution in [0.4, 0.5) is 45.5 Å². The van der Waals surface area contributed by atoms with Crippen LogP contribution >= 0.6 is 48.9 Å². The van der Waals surface area contributed by atoms with Crippen LogP contribution in [-0.2, 0) is 123 Å². The zero-order chi connectivity index (χ0) is 75.1. The molecule has 0 aliphatic rings. The summed E-state index contributed by atoms with van der Waals surface area (Å²) in [5.41, 5.74) is 19.8. The van der Waals surface area contributed by atoms with Crippen molar-refractivity contribution < 1.29 is 21.1 Å². The van der Waals surface area contributed by atoms with Gasteiger partial charge >= 0.3 is 21.1 Å². The summed E-state index contributed by atoms with van der Waals surface area (Å²) in [5.74, 6) is 0. The van der Waals surface area contributed by atoms with Crippen LogP contribution in [0.2, 0.25) is 0 Å². The molecule has 0 aliphatic heterocycles. The van der Waals surface area contributed by atoms with E-state index in [0.29, 0.717) is 17.3 Å². The smallest absolute Gasteiger partial charge is 0.411 e. The summed E-state index contributed by atoms with van der Waals surface area (Å²) in [4.78, 5) is 8.42. The van der Waals surface area contributed by atoms with Crippen molar-refractivity contribution in [1.82, 2.24) is 0 Å². The number of rotatable bonds is 40. The van der Waals surface area contributed by atoms with Crippen molar-refractivity contribution >= 4 is 162 Å². The van der Waals surface area contributed by atoms with E-state index in [1.54, 1.807) is 0 Å². The van der Waals surface area contributed by atoms with Crippen LogP contribution < -0.4 is 19.6 Å². The molecule has 0 saturated heterocycles. The summed E-state index contributed by atoms with van der Waals surface area (Å²) in [6, 6.07) is 68.5. The molecule has 0 amide bonds. The minimum atomic E-state index is 0. The standard InChI is InChI=1S/4C23H31NS2.Mo/c4*1-3-5-7-13-19-15-9-11-17-21(19)24(23(25)26)22-18-12-10-16-20(22)14-8-6-4-2;/h4*9-12,15-18H,3-8,13-14H2,1-2H3,(H,25,26);/q;;;;+4/p-4. The van der Waals surface area contributed by atoms with Gasteiger partial charge in [0.2, 0.25) is 0 Å². The number of hydrogen-bond acceptors (Lipinski definition) is 8. The molecular weight excluding hydrogens is 1510 g/mol. The third-order valence-corrected chi connectivity index (χ3v) is 20.4. The zero-order valence-corrected chi connectivity index (χ0v) is 73.1. The van der Waals surface area contributed by atoms with Crippen molar-refractivity contribution in [3.8, 4) is 0 Å². The van der Waals surface area contributed by atoms with Crippen molar-refractivity contribution in [3.05, 3.63) is 239 Å². The van der Waals surface area contributed by atoms with Gasteiger partial charge in [-0.2, -0.15) is 0 Å². The molecule has 105 heavy (non-hydrogen) atoms. The number of unbranched alkanes of at least 4 members (excludes halogenated alkanes) is 16. The quantitative estimate of drug-likeness (QED) is 0.0157. The third kappa shape index (κ3) is 31.8. The Labute approximate surface area is 695 Å². The largest absolute Gasteiger partial charge is 4.00 e. The maximum atomic E-state index is 5.51. The van der Waals surface area contributed by atoms with E-state index < -0.39 is 0 Å². The number of para-hydroxylation sites is 8. The second kappa shape index (κ2) is 55.3. The van der Waals surface area contributed by atoms with E-state index in [2.05, 4.69) is 269 Å². The summed E-state index contributed by atoms with van der Waals surface area (Å²) in [6.07, 6.45) is 37.9. The van der Waals surface area contributed by atoms with Crippen LogP contribution in [-0.4, -0.2) is 17.3 Å². The molecule has 0 bridgehead atoms. The van der Waals surface area contributed by atoms with Crippen molar-refractivity contribution in [2.24, 2.45) is 0 Å². The average molecular weight is 1630 g/mol. The first-order valence-electron chi connectivity index (χ1n) is 39.4. The molecule has 13 heteroatoms. The van der Waals surface area contributed by atoms with Crippen LogP contribution in [0.15, 0.2) is 194 Å². The fourth-order valence-corrected chi connectivity index (χ4v) is 14.9. The second-order valence-electron chi connectivity index (χ2n) is 27.1. The van der Waals surface area contributed by atoms with E-state index in [1.807, 2.05) is 0 Å². The van der Waals surface area contributed by atoms with Gasteiger partial charge in [-0.05, 0) is 196 Å². The molecule has 0 atom stereocenters. The van der Waals surface area contributed by atoms with Gasteiger partial charge in [-0.1, -0.05) is 321 Å². The molecule has 0 fully saturated rings. The molecule has 8 aromatic rings. The Balaban J connectivity index is 0.000000295. The SMILES string of the molecule is CCCCCc1ccccc1N(C(=S)[S-])c1ccccc1CCCCC.CCCCCc1ccccc1N(C(=S)[S-])c1ccccc1CCCCC.CCCCCc1ccccc1N(C(=S)[S-])c1ccccc1CCCCC.CCCCCc1ccccc1N(C(=S)[S-])c1ccccc1CCCCC.[Mo+4]. The first-order valence-corrected chi connectivity index (χ1v) is 42.7. The molecule has 8 aromatic carbocycles. The number of nitrogens with zero attached hydrogens (tertiary/aromatic N) is 4.